The van der Waals surface area contributed by atoms with Crippen molar-refractivity contribution in [2.75, 3.05) is 20.2 Å². The molecule has 0 aliphatic carbocycles. The van der Waals surface area contributed by atoms with E-state index in [1.165, 1.54) is 0 Å². The summed E-state index contributed by atoms with van der Waals surface area (Å²) in [6.07, 6.45) is 0.778. The van der Waals surface area contributed by atoms with E-state index in [1.807, 2.05) is 39.0 Å². The van der Waals surface area contributed by atoms with Gasteiger partial charge in [0.15, 0.2) is 0 Å². The molecule has 4 rings (SSSR count). The highest BCUT2D eigenvalue weighted by atomic mass is 35.5. The zero-order valence-corrected chi connectivity index (χ0v) is 19.4. The predicted octanol–water partition coefficient (Wildman–Crippen LogP) is 4.77. The van der Waals surface area contributed by atoms with Gasteiger partial charge in [-0.1, -0.05) is 28.9 Å². The Hall–Kier alpha value is -2.90. The lowest BCUT2D eigenvalue weighted by Crippen LogP contribution is -2.38. The summed E-state index contributed by atoms with van der Waals surface area (Å²) in [6, 6.07) is 11.4. The first-order valence-corrected chi connectivity index (χ1v) is 10.8. The molecular formula is C24H26ClN3O4. The van der Waals surface area contributed by atoms with Crippen molar-refractivity contribution in [3.05, 3.63) is 52.5 Å². The molecule has 2 heterocycles. The van der Waals surface area contributed by atoms with Crippen LogP contribution in [0.15, 0.2) is 40.9 Å². The SMILES string of the molecule is COc1ccc(-c2noc(-c3cccc4c3CCN(CC(=O)OC(C)(C)C)C4)n2)cc1Cl. The quantitative estimate of drug-likeness (QED) is 0.513. The molecule has 1 aromatic heterocycles. The summed E-state index contributed by atoms with van der Waals surface area (Å²) in [7, 11) is 1.57. The fourth-order valence-electron chi connectivity index (χ4n) is 3.82. The number of hydrogen-bond donors (Lipinski definition) is 0. The Balaban J connectivity index is 1.53. The molecule has 0 unspecified atom stereocenters. The number of rotatable bonds is 5. The lowest BCUT2D eigenvalue weighted by atomic mass is 9.94. The average Bonchev–Trinajstić information content (AvgIpc) is 3.21. The Kier molecular flexibility index (Phi) is 6.22. The molecule has 168 valence electrons. The van der Waals surface area contributed by atoms with Crippen molar-refractivity contribution in [1.29, 1.82) is 0 Å². The number of carbonyl (C=O) groups is 1. The molecule has 1 aliphatic rings. The minimum Gasteiger partial charge on any atom is -0.495 e. The van der Waals surface area contributed by atoms with Crippen molar-refractivity contribution < 1.29 is 18.8 Å². The second kappa shape index (κ2) is 8.92. The van der Waals surface area contributed by atoms with E-state index in [1.54, 1.807) is 19.2 Å². The number of ether oxygens (including phenoxy) is 2. The van der Waals surface area contributed by atoms with Crippen molar-refractivity contribution in [1.82, 2.24) is 15.0 Å². The first kappa shape index (κ1) is 22.3. The van der Waals surface area contributed by atoms with Crippen LogP contribution in [0.1, 0.15) is 31.9 Å². The fraction of sp³-hybridized carbons (Fsp3) is 0.375. The van der Waals surface area contributed by atoms with E-state index >= 15 is 0 Å². The van der Waals surface area contributed by atoms with Gasteiger partial charge in [0.2, 0.25) is 5.82 Å². The second-order valence-corrected chi connectivity index (χ2v) is 9.17. The highest BCUT2D eigenvalue weighted by Crippen LogP contribution is 2.33. The fourth-order valence-corrected chi connectivity index (χ4v) is 4.07. The summed E-state index contributed by atoms with van der Waals surface area (Å²) >= 11 is 6.23. The number of carbonyl (C=O) groups excluding carboxylic acids is 1. The Labute approximate surface area is 192 Å². The van der Waals surface area contributed by atoms with Gasteiger partial charge in [-0.05, 0) is 62.6 Å². The van der Waals surface area contributed by atoms with Crippen LogP contribution in [0.4, 0.5) is 0 Å². The van der Waals surface area contributed by atoms with E-state index in [4.69, 9.17) is 25.6 Å². The number of methoxy groups -OCH3 is 1. The van der Waals surface area contributed by atoms with E-state index in [2.05, 4.69) is 21.1 Å². The molecule has 2 aromatic carbocycles. The molecular weight excluding hydrogens is 430 g/mol. The Morgan fingerprint density at radius 2 is 2.06 bits per heavy atom. The van der Waals surface area contributed by atoms with Crippen molar-refractivity contribution in [2.45, 2.75) is 39.3 Å². The standard InChI is InChI=1S/C24H26ClN3O4/c1-24(2,3)31-21(29)14-28-11-10-17-16(13-28)6-5-7-18(17)23-26-22(27-32-23)15-8-9-20(30-4)19(25)12-15/h5-9,12H,10-11,13-14H2,1-4H3. The molecule has 0 N–H and O–H groups in total. The van der Waals surface area contributed by atoms with Crippen molar-refractivity contribution in [3.8, 4) is 28.6 Å². The molecule has 0 radical (unpaired) electrons. The lowest BCUT2D eigenvalue weighted by molar-refractivity contribution is -0.156. The third-order valence-electron chi connectivity index (χ3n) is 5.18. The van der Waals surface area contributed by atoms with E-state index in [0.29, 0.717) is 29.0 Å². The van der Waals surface area contributed by atoms with Crippen LogP contribution in [0.2, 0.25) is 5.02 Å². The number of benzene rings is 2. The number of esters is 1. The predicted molar refractivity (Wildman–Crippen MR) is 122 cm³/mol. The molecule has 0 atom stereocenters. The molecule has 7 nitrogen and oxygen atoms in total. The van der Waals surface area contributed by atoms with Crippen LogP contribution in [-0.2, 0) is 22.5 Å². The molecule has 1 aliphatic heterocycles. The normalized spacial score (nSPS) is 14.2. The molecule has 0 amide bonds. The van der Waals surface area contributed by atoms with Crippen molar-refractivity contribution >= 4 is 17.6 Å². The van der Waals surface area contributed by atoms with Gasteiger partial charge in [-0.25, -0.2) is 0 Å². The minimum atomic E-state index is -0.484. The van der Waals surface area contributed by atoms with Gasteiger partial charge in [0, 0.05) is 24.2 Å². The van der Waals surface area contributed by atoms with E-state index < -0.39 is 5.60 Å². The maximum Gasteiger partial charge on any atom is 0.320 e. The maximum absolute atomic E-state index is 12.2. The molecule has 0 bridgehead atoms. The summed E-state index contributed by atoms with van der Waals surface area (Å²) in [5, 5.41) is 4.62. The number of aromatic nitrogens is 2. The van der Waals surface area contributed by atoms with Gasteiger partial charge in [0.05, 0.1) is 18.7 Å². The van der Waals surface area contributed by atoms with Crippen LogP contribution >= 0.6 is 11.6 Å². The third-order valence-corrected chi connectivity index (χ3v) is 5.48. The molecule has 0 saturated carbocycles. The molecule has 0 spiro atoms. The van der Waals surface area contributed by atoms with Crippen molar-refractivity contribution in [2.24, 2.45) is 0 Å². The summed E-state index contributed by atoms with van der Waals surface area (Å²) in [5.74, 6) is 1.30. The second-order valence-electron chi connectivity index (χ2n) is 8.76. The first-order valence-electron chi connectivity index (χ1n) is 10.5. The summed E-state index contributed by atoms with van der Waals surface area (Å²) < 4.78 is 16.2. The zero-order valence-electron chi connectivity index (χ0n) is 18.6. The number of nitrogens with zero attached hydrogens (tertiary/aromatic N) is 3. The van der Waals surface area contributed by atoms with Gasteiger partial charge >= 0.3 is 5.97 Å². The molecule has 0 saturated heterocycles. The first-order chi connectivity index (χ1) is 15.2. The average molecular weight is 456 g/mol. The van der Waals surface area contributed by atoms with Gasteiger partial charge in [-0.2, -0.15) is 4.98 Å². The zero-order chi connectivity index (χ0) is 22.9. The third kappa shape index (κ3) is 4.95. The molecule has 0 fully saturated rings. The van der Waals surface area contributed by atoms with Crippen LogP contribution < -0.4 is 4.74 Å². The van der Waals surface area contributed by atoms with Gasteiger partial charge in [0.1, 0.15) is 11.4 Å². The lowest BCUT2D eigenvalue weighted by Gasteiger charge is -2.30. The number of hydrogen-bond acceptors (Lipinski definition) is 7. The Bertz CT molecular complexity index is 1140. The molecule has 3 aromatic rings. The van der Waals surface area contributed by atoms with E-state index in [0.717, 1.165) is 35.2 Å². The van der Waals surface area contributed by atoms with Gasteiger partial charge in [-0.15, -0.1) is 0 Å². The summed E-state index contributed by atoms with van der Waals surface area (Å²) in [6.45, 7) is 7.31. The van der Waals surface area contributed by atoms with E-state index in [9.17, 15) is 4.79 Å². The highest BCUT2D eigenvalue weighted by molar-refractivity contribution is 6.32. The van der Waals surface area contributed by atoms with Crippen LogP contribution in [0, 0.1) is 0 Å². The summed E-state index contributed by atoms with van der Waals surface area (Å²) in [4.78, 5) is 18.9. The van der Waals surface area contributed by atoms with Gasteiger partial charge in [0.25, 0.3) is 5.89 Å². The molecule has 32 heavy (non-hydrogen) atoms. The minimum absolute atomic E-state index is 0.211. The topological polar surface area (TPSA) is 77.7 Å². The number of halogens is 1. The molecule has 8 heteroatoms. The van der Waals surface area contributed by atoms with Crippen LogP contribution in [0.25, 0.3) is 22.8 Å². The smallest absolute Gasteiger partial charge is 0.320 e. The monoisotopic (exact) mass is 455 g/mol. The highest BCUT2D eigenvalue weighted by Gasteiger charge is 2.25. The largest absolute Gasteiger partial charge is 0.495 e. The number of fused-ring (bicyclic) bond motifs is 1. The van der Waals surface area contributed by atoms with Crippen molar-refractivity contribution in [3.63, 3.8) is 0 Å². The Morgan fingerprint density at radius 1 is 1.25 bits per heavy atom. The van der Waals surface area contributed by atoms with Gasteiger partial charge < -0.3 is 14.0 Å². The van der Waals surface area contributed by atoms with Crippen LogP contribution in [0.3, 0.4) is 0 Å². The Morgan fingerprint density at radius 3 is 2.78 bits per heavy atom. The maximum atomic E-state index is 12.2. The van der Waals surface area contributed by atoms with Crippen LogP contribution in [0.5, 0.6) is 5.75 Å². The summed E-state index contributed by atoms with van der Waals surface area (Å²) in [5.41, 5.74) is 3.49. The van der Waals surface area contributed by atoms with E-state index in [-0.39, 0.29) is 12.5 Å². The van der Waals surface area contributed by atoms with Crippen LogP contribution in [-0.4, -0.2) is 46.8 Å². The van der Waals surface area contributed by atoms with Gasteiger partial charge in [-0.3, -0.25) is 9.69 Å².